The molecule has 202 valence electrons. The fourth-order valence-corrected chi connectivity index (χ4v) is 4.81. The molecule has 0 aliphatic carbocycles. The summed E-state index contributed by atoms with van der Waals surface area (Å²) in [5.41, 5.74) is 6.38. The maximum Gasteiger partial charge on any atom is 0.337 e. The van der Waals surface area contributed by atoms with Crippen LogP contribution in [0.2, 0.25) is 0 Å². The molecule has 1 atom stereocenters. The predicted molar refractivity (Wildman–Crippen MR) is 154 cm³/mol. The number of anilines is 1. The average molecular weight is 538 g/mol. The molecule has 0 saturated carbocycles. The summed E-state index contributed by atoms with van der Waals surface area (Å²) in [5, 5.41) is 13.9. The van der Waals surface area contributed by atoms with Crippen LogP contribution in [0.1, 0.15) is 34.5 Å². The molecule has 0 fully saturated rings. The van der Waals surface area contributed by atoms with Crippen molar-refractivity contribution in [1.29, 1.82) is 0 Å². The van der Waals surface area contributed by atoms with Crippen molar-refractivity contribution in [2.75, 3.05) is 19.5 Å². The molecule has 0 spiro atoms. The number of para-hydroxylation sites is 1. The van der Waals surface area contributed by atoms with E-state index in [9.17, 15) is 14.3 Å². The monoisotopic (exact) mass is 537 g/mol. The number of rotatable bonds is 8. The van der Waals surface area contributed by atoms with E-state index in [0.717, 1.165) is 38.7 Å². The lowest BCUT2D eigenvalue weighted by molar-refractivity contribution is 0.0698. The number of fused-ring (bicyclic) bond motifs is 1. The van der Waals surface area contributed by atoms with Crippen LogP contribution >= 0.6 is 0 Å². The largest absolute Gasteiger partial charge is 0.481 e. The summed E-state index contributed by atoms with van der Waals surface area (Å²) >= 11 is 0. The van der Waals surface area contributed by atoms with Gasteiger partial charge < -0.3 is 19.9 Å². The first-order chi connectivity index (χ1) is 19.3. The molecule has 1 unspecified atom stereocenters. The number of aromatic nitrogens is 2. The molecule has 7 nitrogen and oxygen atoms in total. The number of halogens is 1. The highest BCUT2D eigenvalue weighted by Gasteiger charge is 2.19. The summed E-state index contributed by atoms with van der Waals surface area (Å²) in [5.74, 6) is -0.586. The molecule has 5 rings (SSSR count). The first kappa shape index (κ1) is 26.6. The first-order valence-corrected chi connectivity index (χ1v) is 12.7. The van der Waals surface area contributed by atoms with Gasteiger partial charge in [-0.1, -0.05) is 30.3 Å². The Kier molecular flexibility index (Phi) is 7.33. The van der Waals surface area contributed by atoms with Gasteiger partial charge in [-0.25, -0.2) is 14.2 Å². The molecule has 0 saturated heterocycles. The normalized spacial score (nSPS) is 11.7. The fourth-order valence-electron chi connectivity index (χ4n) is 4.81. The van der Waals surface area contributed by atoms with Crippen LogP contribution in [0.5, 0.6) is 11.8 Å². The minimum Gasteiger partial charge on any atom is -0.481 e. The second kappa shape index (κ2) is 11.0. The summed E-state index contributed by atoms with van der Waals surface area (Å²) < 4.78 is 24.7. The highest BCUT2D eigenvalue weighted by Crippen LogP contribution is 2.38. The molecule has 0 aliphatic heterocycles. The van der Waals surface area contributed by atoms with E-state index in [1.54, 1.807) is 48.5 Å². The number of pyridine rings is 2. The zero-order valence-corrected chi connectivity index (χ0v) is 22.5. The first-order valence-electron chi connectivity index (χ1n) is 12.7. The van der Waals surface area contributed by atoms with Gasteiger partial charge in [0.2, 0.25) is 11.8 Å². The smallest absolute Gasteiger partial charge is 0.337 e. The van der Waals surface area contributed by atoms with Gasteiger partial charge in [-0.3, -0.25) is 0 Å². The molecule has 40 heavy (non-hydrogen) atoms. The van der Waals surface area contributed by atoms with Crippen molar-refractivity contribution in [2.45, 2.75) is 19.9 Å². The van der Waals surface area contributed by atoms with Crippen molar-refractivity contribution in [1.82, 2.24) is 9.97 Å². The second-order valence-corrected chi connectivity index (χ2v) is 9.47. The van der Waals surface area contributed by atoms with E-state index < -0.39 is 5.97 Å². The van der Waals surface area contributed by atoms with Crippen molar-refractivity contribution in [3.63, 3.8) is 0 Å². The molecule has 2 N–H and O–H groups in total. The van der Waals surface area contributed by atoms with Gasteiger partial charge in [0.25, 0.3) is 0 Å². The van der Waals surface area contributed by atoms with Gasteiger partial charge >= 0.3 is 5.97 Å². The maximum absolute atomic E-state index is 13.9. The number of carbonyl (C=O) groups is 1. The Balaban J connectivity index is 1.73. The summed E-state index contributed by atoms with van der Waals surface area (Å²) in [7, 11) is 3.07. The van der Waals surface area contributed by atoms with Crippen molar-refractivity contribution >= 4 is 22.6 Å². The van der Waals surface area contributed by atoms with Crippen LogP contribution in [-0.2, 0) is 0 Å². The Hall–Kier alpha value is -4.98. The molecular formula is C32H28FN3O4. The number of ether oxygens (including phenoxy) is 2. The van der Waals surface area contributed by atoms with Gasteiger partial charge in [-0.05, 0) is 66.9 Å². The third-order valence-corrected chi connectivity index (χ3v) is 6.73. The molecular weight excluding hydrogens is 509 g/mol. The number of aryl methyl sites for hydroxylation is 1. The van der Waals surface area contributed by atoms with Crippen LogP contribution in [0.15, 0.2) is 78.9 Å². The summed E-state index contributed by atoms with van der Waals surface area (Å²) in [6.07, 6.45) is 0. The highest BCUT2D eigenvalue weighted by molar-refractivity contribution is 5.96. The van der Waals surface area contributed by atoms with Gasteiger partial charge in [0.15, 0.2) is 0 Å². The Morgan fingerprint density at radius 1 is 0.900 bits per heavy atom. The van der Waals surface area contributed by atoms with Gasteiger partial charge in [0, 0.05) is 40.4 Å². The van der Waals surface area contributed by atoms with Crippen molar-refractivity contribution in [2.24, 2.45) is 0 Å². The Morgan fingerprint density at radius 2 is 1.57 bits per heavy atom. The third kappa shape index (κ3) is 5.29. The molecule has 5 aromatic rings. The summed E-state index contributed by atoms with van der Waals surface area (Å²) in [6.45, 7) is 3.98. The van der Waals surface area contributed by atoms with E-state index in [4.69, 9.17) is 14.5 Å². The van der Waals surface area contributed by atoms with Crippen LogP contribution in [0.25, 0.3) is 33.3 Å². The number of hydrogen-bond donors (Lipinski definition) is 2. The van der Waals surface area contributed by atoms with E-state index in [0.29, 0.717) is 23.1 Å². The van der Waals surface area contributed by atoms with Crippen LogP contribution in [0, 0.1) is 12.7 Å². The van der Waals surface area contributed by atoms with Crippen LogP contribution in [0.4, 0.5) is 10.1 Å². The van der Waals surface area contributed by atoms with Crippen LogP contribution < -0.4 is 14.8 Å². The minimum absolute atomic E-state index is 0.194. The van der Waals surface area contributed by atoms with E-state index in [2.05, 4.69) is 16.4 Å². The van der Waals surface area contributed by atoms with Crippen LogP contribution in [-0.4, -0.2) is 35.3 Å². The topological polar surface area (TPSA) is 93.6 Å². The zero-order chi connectivity index (χ0) is 28.4. The number of nitrogens with zero attached hydrogens (tertiary/aromatic N) is 2. The number of carboxylic acids is 1. The van der Waals surface area contributed by atoms with E-state index in [-0.39, 0.29) is 17.4 Å². The third-order valence-electron chi connectivity index (χ3n) is 6.73. The van der Waals surface area contributed by atoms with Crippen molar-refractivity contribution in [3.8, 4) is 34.1 Å². The number of benzene rings is 3. The molecule has 0 aliphatic rings. The lowest BCUT2D eigenvalue weighted by Crippen LogP contribution is -2.11. The summed E-state index contributed by atoms with van der Waals surface area (Å²) in [6, 6.07) is 22.5. The number of aromatic carboxylic acids is 1. The molecule has 3 aromatic carbocycles. The predicted octanol–water partition coefficient (Wildman–Crippen LogP) is 7.30. The van der Waals surface area contributed by atoms with Crippen molar-refractivity contribution in [3.05, 3.63) is 101 Å². The van der Waals surface area contributed by atoms with Gasteiger partial charge in [-0.15, -0.1) is 0 Å². The van der Waals surface area contributed by atoms with Gasteiger partial charge in [-0.2, -0.15) is 4.98 Å². The molecule has 2 heterocycles. The number of carboxylic acid groups (broad SMARTS) is 1. The van der Waals surface area contributed by atoms with Gasteiger partial charge in [0.1, 0.15) is 5.82 Å². The average Bonchev–Trinajstić information content (AvgIpc) is 2.96. The minimum atomic E-state index is -1.00. The highest BCUT2D eigenvalue weighted by atomic mass is 19.1. The quantitative estimate of drug-likeness (QED) is 0.214. The molecule has 0 radical (unpaired) electrons. The lowest BCUT2D eigenvalue weighted by Gasteiger charge is -2.21. The lowest BCUT2D eigenvalue weighted by atomic mass is 9.93. The van der Waals surface area contributed by atoms with E-state index >= 15 is 0 Å². The Labute approximate surface area is 231 Å². The molecule has 2 aromatic heterocycles. The zero-order valence-electron chi connectivity index (χ0n) is 22.5. The van der Waals surface area contributed by atoms with Gasteiger partial charge in [0.05, 0.1) is 31.0 Å². The molecule has 8 heteroatoms. The molecule has 0 amide bonds. The number of hydrogen-bond acceptors (Lipinski definition) is 6. The maximum atomic E-state index is 13.9. The standard InChI is InChI=1S/C32H28FN3O4/c1-18-13-24(19(2)34-27-8-6-5-7-23(27)32(37)38)26-17-25(20-9-11-22(33)12-10-20)31(35-28(26)14-18)21-15-29(39-3)36-30(16-21)40-4/h5-17,19,34H,1-4H3,(H,37,38). The van der Waals surface area contributed by atoms with E-state index in [1.807, 2.05) is 26.0 Å². The number of nitrogens with one attached hydrogen (secondary N) is 1. The number of methoxy groups -OCH3 is 2. The Bertz CT molecular complexity index is 1700. The van der Waals surface area contributed by atoms with Crippen LogP contribution in [0.3, 0.4) is 0 Å². The second-order valence-electron chi connectivity index (χ2n) is 9.47. The SMILES string of the molecule is COc1cc(-c2nc3cc(C)cc(C(C)Nc4ccccc4C(=O)O)c3cc2-c2ccc(F)cc2)cc(OC)n1. The summed E-state index contributed by atoms with van der Waals surface area (Å²) in [4.78, 5) is 21.2. The fraction of sp³-hybridized carbons (Fsp3) is 0.156. The van der Waals surface area contributed by atoms with E-state index in [1.165, 1.54) is 26.4 Å². The molecule has 0 bridgehead atoms. The van der Waals surface area contributed by atoms with Crippen molar-refractivity contribution < 1.29 is 23.8 Å². The Morgan fingerprint density at radius 3 is 2.23 bits per heavy atom.